The average Bonchev–Trinajstić information content (AvgIpc) is 3.14. The average molecular weight is 530 g/mol. The van der Waals surface area contributed by atoms with E-state index in [0.29, 0.717) is 24.1 Å². The lowest BCUT2D eigenvalue weighted by atomic mass is 10.1. The van der Waals surface area contributed by atoms with Gasteiger partial charge in [-0.1, -0.05) is 30.3 Å². The molecule has 3 rings (SSSR count). The van der Waals surface area contributed by atoms with Crippen LogP contribution in [0.15, 0.2) is 47.7 Å². The molecule has 0 radical (unpaired) electrons. The van der Waals surface area contributed by atoms with E-state index in [4.69, 9.17) is 0 Å². The first-order valence-corrected chi connectivity index (χ1v) is 11.2. The number of aromatic nitrogens is 2. The number of nitrogens with zero attached hydrogens (tertiary/aromatic N) is 4. The van der Waals surface area contributed by atoms with Gasteiger partial charge in [0, 0.05) is 68.3 Å². The number of halogens is 1. The van der Waals surface area contributed by atoms with Gasteiger partial charge >= 0.3 is 0 Å². The fourth-order valence-electron chi connectivity index (χ4n) is 3.40. The second kappa shape index (κ2) is 12.2. The molecule has 0 aliphatic carbocycles. The van der Waals surface area contributed by atoms with Crippen molar-refractivity contribution in [3.63, 3.8) is 0 Å². The second-order valence-electron chi connectivity index (χ2n) is 7.07. The van der Waals surface area contributed by atoms with E-state index in [2.05, 4.69) is 31.8 Å². The van der Waals surface area contributed by atoms with Crippen LogP contribution in [0.4, 0.5) is 5.69 Å². The second-order valence-corrected chi connectivity index (χ2v) is 8.65. The van der Waals surface area contributed by atoms with Crippen molar-refractivity contribution in [2.45, 2.75) is 24.6 Å². The third kappa shape index (κ3) is 7.61. The molecule has 7 nitrogen and oxygen atoms in total. The van der Waals surface area contributed by atoms with Gasteiger partial charge < -0.3 is 15.5 Å². The van der Waals surface area contributed by atoms with Crippen LogP contribution in [-0.4, -0.2) is 58.4 Å². The Balaban J connectivity index is 0.00000300. The van der Waals surface area contributed by atoms with Crippen LogP contribution in [0.2, 0.25) is 0 Å². The van der Waals surface area contributed by atoms with Crippen molar-refractivity contribution < 1.29 is 4.21 Å². The predicted molar refractivity (Wildman–Crippen MR) is 132 cm³/mol. The molecule has 0 amide bonds. The molecule has 2 atom stereocenters. The van der Waals surface area contributed by atoms with Gasteiger partial charge in [0.15, 0.2) is 5.96 Å². The minimum atomic E-state index is -0.887. The molecule has 0 saturated carbocycles. The zero-order valence-electron chi connectivity index (χ0n) is 17.1. The minimum Gasteiger partial charge on any atom is -0.367 e. The van der Waals surface area contributed by atoms with Crippen LogP contribution >= 0.6 is 24.0 Å². The molecule has 1 aromatic carbocycles. The number of piperidine rings is 1. The van der Waals surface area contributed by atoms with Crippen LogP contribution < -0.4 is 15.5 Å². The van der Waals surface area contributed by atoms with Crippen LogP contribution in [0.25, 0.3) is 0 Å². The lowest BCUT2D eigenvalue weighted by Gasteiger charge is -2.34. The van der Waals surface area contributed by atoms with E-state index in [0.717, 1.165) is 43.1 Å². The molecule has 1 saturated heterocycles. The molecule has 0 spiro atoms. The number of aliphatic imine (C=N–C) groups is 1. The third-order valence-electron chi connectivity index (χ3n) is 4.83. The fourth-order valence-corrected chi connectivity index (χ4v) is 4.44. The van der Waals surface area contributed by atoms with E-state index in [1.54, 1.807) is 7.05 Å². The van der Waals surface area contributed by atoms with Crippen molar-refractivity contribution in [2.24, 2.45) is 12.0 Å². The molecule has 0 bridgehead atoms. The van der Waals surface area contributed by atoms with Crippen LogP contribution in [0, 0.1) is 0 Å². The Morgan fingerprint density at radius 3 is 2.83 bits per heavy atom. The van der Waals surface area contributed by atoms with Gasteiger partial charge in [-0.25, -0.2) is 0 Å². The highest BCUT2D eigenvalue weighted by atomic mass is 127. The van der Waals surface area contributed by atoms with E-state index in [-0.39, 0.29) is 24.0 Å². The molecule has 2 aromatic rings. The fraction of sp³-hybridized carbons (Fsp3) is 0.500. The summed E-state index contributed by atoms with van der Waals surface area (Å²) >= 11 is 0. The van der Waals surface area contributed by atoms with Crippen molar-refractivity contribution in [1.29, 1.82) is 0 Å². The summed E-state index contributed by atoms with van der Waals surface area (Å²) in [4.78, 5) is 6.68. The highest BCUT2D eigenvalue weighted by Gasteiger charge is 2.21. The lowest BCUT2D eigenvalue weighted by Crippen LogP contribution is -2.51. The third-order valence-corrected chi connectivity index (χ3v) is 6.15. The van der Waals surface area contributed by atoms with E-state index in [1.165, 1.54) is 0 Å². The number of nitrogens with one attached hydrogen (secondary N) is 2. The van der Waals surface area contributed by atoms with E-state index >= 15 is 0 Å². The number of aryl methyl sites for hydroxylation is 1. The van der Waals surface area contributed by atoms with Gasteiger partial charge in [-0.05, 0) is 18.4 Å². The number of hydrogen-bond acceptors (Lipinski definition) is 4. The highest BCUT2D eigenvalue weighted by molar-refractivity contribution is 14.0. The number of anilines is 1. The van der Waals surface area contributed by atoms with Gasteiger partial charge in [-0.3, -0.25) is 13.9 Å². The molecule has 1 fully saturated rings. The van der Waals surface area contributed by atoms with Gasteiger partial charge in [0.1, 0.15) is 0 Å². The Bertz CT molecular complexity index is 797. The summed E-state index contributed by atoms with van der Waals surface area (Å²) in [6.45, 7) is 2.61. The minimum absolute atomic E-state index is 0. The number of rotatable bonds is 7. The van der Waals surface area contributed by atoms with Crippen molar-refractivity contribution in [2.75, 3.05) is 37.3 Å². The summed E-state index contributed by atoms with van der Waals surface area (Å²) in [5, 5.41) is 11.1. The molecule has 2 heterocycles. The van der Waals surface area contributed by atoms with Gasteiger partial charge in [-0.15, -0.1) is 24.0 Å². The summed E-state index contributed by atoms with van der Waals surface area (Å²) in [5.74, 6) is 1.97. The molecule has 2 unspecified atom stereocenters. The maximum atomic E-state index is 12.3. The summed E-state index contributed by atoms with van der Waals surface area (Å²) in [7, 11) is 2.83. The molecule has 2 N–H and O–H groups in total. The number of hydrogen-bond donors (Lipinski definition) is 2. The Kier molecular flexibility index (Phi) is 9.92. The van der Waals surface area contributed by atoms with Gasteiger partial charge in [-0.2, -0.15) is 5.10 Å². The molecule has 1 aromatic heterocycles. The quantitative estimate of drug-likeness (QED) is 0.326. The van der Waals surface area contributed by atoms with Crippen molar-refractivity contribution in [1.82, 2.24) is 20.4 Å². The SMILES string of the molecule is CN=C(NCCS(=O)Cc1ccccc1)NC1CCCN(c2cnn(C)c2)C1.I. The molecular weight excluding hydrogens is 499 g/mol. The molecular formula is C20H31IN6OS. The van der Waals surface area contributed by atoms with Crippen LogP contribution in [0.3, 0.4) is 0 Å². The Morgan fingerprint density at radius 2 is 2.14 bits per heavy atom. The first kappa shape index (κ1) is 23.7. The van der Waals surface area contributed by atoms with E-state index in [1.807, 2.05) is 48.3 Å². The van der Waals surface area contributed by atoms with E-state index < -0.39 is 10.8 Å². The molecule has 9 heteroatoms. The Morgan fingerprint density at radius 1 is 1.34 bits per heavy atom. The lowest BCUT2D eigenvalue weighted by molar-refractivity contribution is 0.468. The van der Waals surface area contributed by atoms with Gasteiger partial charge in [0.2, 0.25) is 0 Å². The summed E-state index contributed by atoms with van der Waals surface area (Å²) in [6, 6.07) is 10.3. The molecule has 29 heavy (non-hydrogen) atoms. The smallest absolute Gasteiger partial charge is 0.191 e. The van der Waals surface area contributed by atoms with E-state index in [9.17, 15) is 4.21 Å². The monoisotopic (exact) mass is 530 g/mol. The highest BCUT2D eigenvalue weighted by Crippen LogP contribution is 2.18. The molecule has 160 valence electrons. The first-order valence-electron chi connectivity index (χ1n) is 9.73. The summed E-state index contributed by atoms with van der Waals surface area (Å²) in [5.41, 5.74) is 2.27. The molecule has 1 aliphatic rings. The Labute approximate surface area is 192 Å². The van der Waals surface area contributed by atoms with Crippen molar-refractivity contribution >= 4 is 46.4 Å². The largest absolute Gasteiger partial charge is 0.367 e. The summed E-state index contributed by atoms with van der Waals surface area (Å²) < 4.78 is 14.1. The topological polar surface area (TPSA) is 74.6 Å². The summed E-state index contributed by atoms with van der Waals surface area (Å²) in [6.07, 6.45) is 6.21. The predicted octanol–water partition coefficient (Wildman–Crippen LogP) is 2.12. The molecule has 1 aliphatic heterocycles. The van der Waals surface area contributed by atoms with Gasteiger partial charge in [0.05, 0.1) is 11.9 Å². The van der Waals surface area contributed by atoms with Crippen LogP contribution in [-0.2, 0) is 23.6 Å². The maximum Gasteiger partial charge on any atom is 0.191 e. The number of guanidine groups is 1. The maximum absolute atomic E-state index is 12.3. The zero-order chi connectivity index (χ0) is 19.8. The van der Waals surface area contributed by atoms with Crippen molar-refractivity contribution in [3.8, 4) is 0 Å². The first-order chi connectivity index (χ1) is 13.6. The number of benzene rings is 1. The normalized spacial score (nSPS) is 18.1. The van der Waals surface area contributed by atoms with Gasteiger partial charge in [0.25, 0.3) is 0 Å². The van der Waals surface area contributed by atoms with Crippen LogP contribution in [0.1, 0.15) is 18.4 Å². The Hall–Kier alpha value is -1.62. The standard InChI is InChI=1S/C20H30N6OS.HI/c1-21-20(22-10-12-28(27)16-17-7-4-3-5-8-17)24-18-9-6-11-26(14-18)19-13-23-25(2)15-19;/h3-5,7-8,13,15,18H,6,9-12,14,16H2,1-2H3,(H2,21,22,24);1H. The van der Waals surface area contributed by atoms with Crippen molar-refractivity contribution in [3.05, 3.63) is 48.3 Å². The zero-order valence-corrected chi connectivity index (χ0v) is 20.2. The van der Waals surface area contributed by atoms with Crippen LogP contribution in [0.5, 0.6) is 0 Å².